The first-order chi connectivity index (χ1) is 5.79. The number of hydrogen-bond donors (Lipinski definition) is 1. The highest BCUT2D eigenvalue weighted by Crippen LogP contribution is 2.23. The van der Waals surface area contributed by atoms with Crippen LogP contribution in [0, 0.1) is 5.92 Å². The molecule has 2 nitrogen and oxygen atoms in total. The van der Waals surface area contributed by atoms with Crippen molar-refractivity contribution >= 4 is 5.91 Å². The van der Waals surface area contributed by atoms with Crippen LogP contribution in [0.15, 0.2) is 0 Å². The molecular weight excluding hydrogens is 150 g/mol. The molecule has 0 aromatic carbocycles. The highest BCUT2D eigenvalue weighted by Gasteiger charge is 2.14. The third-order valence-electron chi connectivity index (χ3n) is 2.11. The molecule has 0 unspecified atom stereocenters. The van der Waals surface area contributed by atoms with E-state index in [9.17, 15) is 4.79 Å². The zero-order chi connectivity index (χ0) is 9.40. The molecule has 72 valence electrons. The minimum atomic E-state index is 0.104. The lowest BCUT2D eigenvalue weighted by Crippen LogP contribution is -2.25. The molecule has 0 atom stereocenters. The topological polar surface area (TPSA) is 29.1 Å². The smallest absolute Gasteiger partial charge is 0.216 e. The van der Waals surface area contributed by atoms with E-state index in [2.05, 4.69) is 5.32 Å². The second-order valence-corrected chi connectivity index (χ2v) is 3.09. The quantitative estimate of drug-likeness (QED) is 0.679. The van der Waals surface area contributed by atoms with Gasteiger partial charge in [-0.15, -0.1) is 0 Å². The first-order valence-electron chi connectivity index (χ1n) is 5.03. The van der Waals surface area contributed by atoms with Crippen molar-refractivity contribution in [2.45, 2.75) is 46.5 Å². The first kappa shape index (κ1) is 11.5. The summed E-state index contributed by atoms with van der Waals surface area (Å²) in [6.07, 6.45) is 5.31. The molecule has 1 N–H and O–H groups in total. The van der Waals surface area contributed by atoms with E-state index in [4.69, 9.17) is 0 Å². The number of nitrogens with one attached hydrogen (secondary N) is 1. The van der Waals surface area contributed by atoms with Crippen molar-refractivity contribution in [3.63, 3.8) is 0 Å². The fraction of sp³-hybridized carbons (Fsp3) is 0.900. The van der Waals surface area contributed by atoms with Gasteiger partial charge in [0, 0.05) is 13.5 Å². The Morgan fingerprint density at radius 1 is 1.33 bits per heavy atom. The SMILES string of the molecule is CC.CC(=O)NCC1CCCC1. The van der Waals surface area contributed by atoms with Crippen LogP contribution in [0.3, 0.4) is 0 Å². The van der Waals surface area contributed by atoms with Gasteiger partial charge in [0.25, 0.3) is 0 Å². The van der Waals surface area contributed by atoms with Crippen molar-refractivity contribution in [1.29, 1.82) is 0 Å². The predicted molar refractivity (Wildman–Crippen MR) is 52.0 cm³/mol. The highest BCUT2D eigenvalue weighted by atomic mass is 16.1. The largest absolute Gasteiger partial charge is 0.356 e. The summed E-state index contributed by atoms with van der Waals surface area (Å²) in [7, 11) is 0. The molecule has 1 saturated carbocycles. The summed E-state index contributed by atoms with van der Waals surface area (Å²) in [5, 5.41) is 2.85. The van der Waals surface area contributed by atoms with Crippen LogP contribution in [0.2, 0.25) is 0 Å². The van der Waals surface area contributed by atoms with Crippen molar-refractivity contribution in [2.24, 2.45) is 5.92 Å². The standard InChI is InChI=1S/C8H15NO.C2H6/c1-7(10)9-6-8-4-2-3-5-8;1-2/h8H,2-6H2,1H3,(H,9,10);1-2H3. The van der Waals surface area contributed by atoms with Gasteiger partial charge in [-0.1, -0.05) is 26.7 Å². The van der Waals surface area contributed by atoms with E-state index < -0.39 is 0 Å². The Kier molecular flexibility index (Phi) is 6.82. The average molecular weight is 171 g/mol. The van der Waals surface area contributed by atoms with Gasteiger partial charge in [0.2, 0.25) is 5.91 Å². The van der Waals surface area contributed by atoms with Gasteiger partial charge in [-0.05, 0) is 18.8 Å². The lowest BCUT2D eigenvalue weighted by atomic mass is 10.1. The second kappa shape index (κ2) is 7.14. The average Bonchev–Trinajstić information content (AvgIpc) is 2.56. The monoisotopic (exact) mass is 171 g/mol. The molecule has 0 aromatic heterocycles. The lowest BCUT2D eigenvalue weighted by Gasteiger charge is -2.07. The molecule has 1 rings (SSSR count). The Bertz CT molecular complexity index is 117. The zero-order valence-corrected chi connectivity index (χ0v) is 8.52. The molecule has 0 aliphatic heterocycles. The summed E-state index contributed by atoms with van der Waals surface area (Å²) < 4.78 is 0. The van der Waals surface area contributed by atoms with Gasteiger partial charge in [-0.25, -0.2) is 0 Å². The van der Waals surface area contributed by atoms with E-state index in [1.165, 1.54) is 25.7 Å². The molecule has 0 bridgehead atoms. The van der Waals surface area contributed by atoms with E-state index in [1.807, 2.05) is 13.8 Å². The molecule has 0 aromatic rings. The summed E-state index contributed by atoms with van der Waals surface area (Å²) in [4.78, 5) is 10.5. The zero-order valence-electron chi connectivity index (χ0n) is 8.52. The summed E-state index contributed by atoms with van der Waals surface area (Å²) in [5.41, 5.74) is 0. The van der Waals surface area contributed by atoms with E-state index in [1.54, 1.807) is 6.92 Å². The number of carbonyl (C=O) groups excluding carboxylic acids is 1. The van der Waals surface area contributed by atoms with Crippen molar-refractivity contribution in [3.8, 4) is 0 Å². The molecule has 0 radical (unpaired) electrons. The van der Waals surface area contributed by atoms with Gasteiger partial charge in [0.15, 0.2) is 0 Å². The molecule has 2 heteroatoms. The molecule has 1 aliphatic rings. The third-order valence-corrected chi connectivity index (χ3v) is 2.11. The molecule has 12 heavy (non-hydrogen) atoms. The van der Waals surface area contributed by atoms with Gasteiger partial charge < -0.3 is 5.32 Å². The Labute approximate surface area is 75.7 Å². The minimum absolute atomic E-state index is 0.104. The highest BCUT2D eigenvalue weighted by molar-refractivity contribution is 5.72. The van der Waals surface area contributed by atoms with Crippen LogP contribution in [0.4, 0.5) is 0 Å². The number of rotatable bonds is 2. The third kappa shape index (κ3) is 5.16. The first-order valence-corrected chi connectivity index (χ1v) is 5.03. The molecule has 1 amide bonds. The minimum Gasteiger partial charge on any atom is -0.356 e. The van der Waals surface area contributed by atoms with Crippen LogP contribution in [0.1, 0.15) is 46.5 Å². The van der Waals surface area contributed by atoms with Crippen LogP contribution in [0.25, 0.3) is 0 Å². The van der Waals surface area contributed by atoms with Crippen LogP contribution in [0.5, 0.6) is 0 Å². The lowest BCUT2D eigenvalue weighted by molar-refractivity contribution is -0.119. The Morgan fingerprint density at radius 3 is 2.25 bits per heavy atom. The van der Waals surface area contributed by atoms with Crippen LogP contribution < -0.4 is 5.32 Å². The Hall–Kier alpha value is -0.530. The van der Waals surface area contributed by atoms with Crippen molar-refractivity contribution in [3.05, 3.63) is 0 Å². The summed E-state index contributed by atoms with van der Waals surface area (Å²) in [5.74, 6) is 0.871. The van der Waals surface area contributed by atoms with Gasteiger partial charge in [0.05, 0.1) is 0 Å². The Balaban J connectivity index is 0.000000561. The molecule has 0 spiro atoms. The van der Waals surface area contributed by atoms with Gasteiger partial charge >= 0.3 is 0 Å². The fourth-order valence-corrected chi connectivity index (χ4v) is 1.50. The maximum atomic E-state index is 10.5. The summed E-state index contributed by atoms with van der Waals surface area (Å²) in [6.45, 7) is 6.48. The number of amides is 1. The van der Waals surface area contributed by atoms with E-state index >= 15 is 0 Å². The van der Waals surface area contributed by atoms with Gasteiger partial charge in [0.1, 0.15) is 0 Å². The summed E-state index contributed by atoms with van der Waals surface area (Å²) in [6, 6.07) is 0. The van der Waals surface area contributed by atoms with Crippen LogP contribution >= 0.6 is 0 Å². The molecular formula is C10H21NO. The van der Waals surface area contributed by atoms with Crippen LogP contribution in [-0.2, 0) is 4.79 Å². The van der Waals surface area contributed by atoms with Gasteiger partial charge in [-0.2, -0.15) is 0 Å². The van der Waals surface area contributed by atoms with Crippen molar-refractivity contribution in [1.82, 2.24) is 5.32 Å². The van der Waals surface area contributed by atoms with Crippen molar-refractivity contribution < 1.29 is 4.79 Å². The fourth-order valence-electron chi connectivity index (χ4n) is 1.50. The molecule has 1 fully saturated rings. The van der Waals surface area contributed by atoms with E-state index in [-0.39, 0.29) is 5.91 Å². The molecule has 0 heterocycles. The number of carbonyl (C=O) groups is 1. The Morgan fingerprint density at radius 2 is 1.83 bits per heavy atom. The number of hydrogen-bond acceptors (Lipinski definition) is 1. The van der Waals surface area contributed by atoms with E-state index in [0.717, 1.165) is 12.5 Å². The van der Waals surface area contributed by atoms with Crippen molar-refractivity contribution in [2.75, 3.05) is 6.54 Å². The molecule has 0 saturated heterocycles. The normalized spacial score (nSPS) is 16.6. The van der Waals surface area contributed by atoms with E-state index in [0.29, 0.717) is 0 Å². The maximum absolute atomic E-state index is 10.5. The molecule has 1 aliphatic carbocycles. The second-order valence-electron chi connectivity index (χ2n) is 3.09. The predicted octanol–water partition coefficient (Wildman–Crippen LogP) is 2.34. The van der Waals surface area contributed by atoms with Crippen LogP contribution in [-0.4, -0.2) is 12.5 Å². The van der Waals surface area contributed by atoms with Gasteiger partial charge in [-0.3, -0.25) is 4.79 Å². The summed E-state index contributed by atoms with van der Waals surface area (Å²) >= 11 is 0. The maximum Gasteiger partial charge on any atom is 0.216 e.